The van der Waals surface area contributed by atoms with E-state index in [1.54, 1.807) is 16.4 Å². The molecule has 0 amide bonds. The fraction of sp³-hybridized carbons (Fsp3) is 0.294. The van der Waals surface area contributed by atoms with Gasteiger partial charge in [0.2, 0.25) is 10.0 Å². The zero-order chi connectivity index (χ0) is 15.6. The summed E-state index contributed by atoms with van der Waals surface area (Å²) in [6, 6.07) is 16.7. The van der Waals surface area contributed by atoms with Crippen LogP contribution in [0.3, 0.4) is 0 Å². The number of sulfonamides is 1. The van der Waals surface area contributed by atoms with Crippen molar-refractivity contribution in [2.75, 3.05) is 13.1 Å². The lowest BCUT2D eigenvalue weighted by Gasteiger charge is -2.24. The standard InChI is InChI=1S/C17H20N2O2S/c18-13-15-9-6-12-19(15)22(20,21)17-11-5-4-10-16(17)14-7-2-1-3-8-14/h1-5,7-8,10-11,15H,6,9,12-13,18H2. The summed E-state index contributed by atoms with van der Waals surface area (Å²) < 4.78 is 27.7. The molecule has 0 saturated carbocycles. The quantitative estimate of drug-likeness (QED) is 0.942. The minimum absolute atomic E-state index is 0.0890. The molecule has 0 spiro atoms. The minimum Gasteiger partial charge on any atom is -0.329 e. The van der Waals surface area contributed by atoms with Crippen LogP contribution in [-0.2, 0) is 10.0 Å². The predicted octanol–water partition coefficient (Wildman–Crippen LogP) is 2.47. The Morgan fingerprint density at radius 1 is 1.05 bits per heavy atom. The molecule has 0 aromatic heterocycles. The van der Waals surface area contributed by atoms with Gasteiger partial charge in [-0.15, -0.1) is 0 Å². The summed E-state index contributed by atoms with van der Waals surface area (Å²) in [6.07, 6.45) is 1.71. The van der Waals surface area contributed by atoms with Crippen LogP contribution in [0.1, 0.15) is 12.8 Å². The molecule has 1 atom stereocenters. The largest absolute Gasteiger partial charge is 0.329 e. The van der Waals surface area contributed by atoms with Crippen molar-refractivity contribution in [1.82, 2.24) is 4.31 Å². The van der Waals surface area contributed by atoms with Gasteiger partial charge in [-0.3, -0.25) is 0 Å². The summed E-state index contributed by atoms with van der Waals surface area (Å²) in [4.78, 5) is 0.363. The molecule has 3 rings (SSSR count). The zero-order valence-corrected chi connectivity index (χ0v) is 13.2. The Morgan fingerprint density at radius 3 is 2.45 bits per heavy atom. The van der Waals surface area contributed by atoms with Crippen molar-refractivity contribution in [3.8, 4) is 11.1 Å². The van der Waals surface area contributed by atoms with E-state index in [2.05, 4.69) is 0 Å². The molecule has 2 N–H and O–H groups in total. The van der Waals surface area contributed by atoms with E-state index in [4.69, 9.17) is 5.73 Å². The molecule has 1 heterocycles. The lowest BCUT2D eigenvalue weighted by Crippen LogP contribution is -2.40. The van der Waals surface area contributed by atoms with E-state index in [0.717, 1.165) is 24.0 Å². The molecule has 1 aliphatic rings. The van der Waals surface area contributed by atoms with Gasteiger partial charge in [0.25, 0.3) is 0 Å². The number of nitrogens with two attached hydrogens (primary N) is 1. The first kappa shape index (κ1) is 15.2. The van der Waals surface area contributed by atoms with E-state index in [0.29, 0.717) is 18.0 Å². The topological polar surface area (TPSA) is 63.4 Å². The number of hydrogen-bond acceptors (Lipinski definition) is 3. The van der Waals surface area contributed by atoms with E-state index in [1.807, 2.05) is 42.5 Å². The van der Waals surface area contributed by atoms with Crippen molar-refractivity contribution in [2.45, 2.75) is 23.8 Å². The highest BCUT2D eigenvalue weighted by Gasteiger charge is 2.35. The molecule has 4 nitrogen and oxygen atoms in total. The van der Waals surface area contributed by atoms with Crippen LogP contribution in [0.15, 0.2) is 59.5 Å². The normalized spacial score (nSPS) is 19.4. The molecule has 1 fully saturated rings. The van der Waals surface area contributed by atoms with Crippen LogP contribution >= 0.6 is 0 Å². The highest BCUT2D eigenvalue weighted by molar-refractivity contribution is 7.89. The maximum absolute atomic E-state index is 13.1. The Bertz CT molecular complexity index is 744. The van der Waals surface area contributed by atoms with Gasteiger partial charge in [0.1, 0.15) is 0 Å². The monoisotopic (exact) mass is 316 g/mol. The van der Waals surface area contributed by atoms with Gasteiger partial charge >= 0.3 is 0 Å². The second kappa shape index (κ2) is 6.20. The first-order valence-electron chi connectivity index (χ1n) is 7.51. The molecular weight excluding hydrogens is 296 g/mol. The van der Waals surface area contributed by atoms with E-state index in [1.165, 1.54) is 0 Å². The molecule has 1 aliphatic heterocycles. The molecule has 116 valence electrons. The van der Waals surface area contributed by atoms with E-state index < -0.39 is 10.0 Å². The van der Waals surface area contributed by atoms with Crippen molar-refractivity contribution in [1.29, 1.82) is 0 Å². The van der Waals surface area contributed by atoms with E-state index in [-0.39, 0.29) is 6.04 Å². The molecule has 2 aromatic carbocycles. The fourth-order valence-corrected chi connectivity index (χ4v) is 4.96. The molecule has 1 saturated heterocycles. The molecular formula is C17H20N2O2S. The third kappa shape index (κ3) is 2.67. The van der Waals surface area contributed by atoms with E-state index >= 15 is 0 Å². The Morgan fingerprint density at radius 2 is 1.73 bits per heavy atom. The number of hydrogen-bond donors (Lipinski definition) is 1. The van der Waals surface area contributed by atoms with E-state index in [9.17, 15) is 8.42 Å². The van der Waals surface area contributed by atoms with Gasteiger partial charge in [0, 0.05) is 24.7 Å². The number of rotatable bonds is 4. The van der Waals surface area contributed by atoms with Gasteiger partial charge in [-0.2, -0.15) is 4.31 Å². The smallest absolute Gasteiger partial charge is 0.243 e. The summed E-state index contributed by atoms with van der Waals surface area (Å²) in [5, 5.41) is 0. The second-order valence-electron chi connectivity index (χ2n) is 5.51. The second-order valence-corrected chi connectivity index (χ2v) is 7.37. The third-order valence-electron chi connectivity index (χ3n) is 4.15. The fourth-order valence-electron chi connectivity index (χ4n) is 3.04. The molecule has 0 aliphatic carbocycles. The average molecular weight is 316 g/mol. The lowest BCUT2D eigenvalue weighted by molar-refractivity contribution is 0.393. The molecule has 5 heteroatoms. The van der Waals surface area contributed by atoms with Gasteiger partial charge in [-0.1, -0.05) is 48.5 Å². The van der Waals surface area contributed by atoms with Crippen molar-refractivity contribution in [3.63, 3.8) is 0 Å². The van der Waals surface area contributed by atoms with Crippen LogP contribution in [0, 0.1) is 0 Å². The van der Waals surface area contributed by atoms with Crippen molar-refractivity contribution < 1.29 is 8.42 Å². The molecule has 22 heavy (non-hydrogen) atoms. The van der Waals surface area contributed by atoms with Crippen molar-refractivity contribution >= 4 is 10.0 Å². The summed E-state index contributed by atoms with van der Waals surface area (Å²) in [5.41, 5.74) is 7.39. The summed E-state index contributed by atoms with van der Waals surface area (Å²) >= 11 is 0. The maximum Gasteiger partial charge on any atom is 0.243 e. The van der Waals surface area contributed by atoms with Crippen LogP contribution in [0.4, 0.5) is 0 Å². The third-order valence-corrected chi connectivity index (χ3v) is 6.16. The predicted molar refractivity (Wildman–Crippen MR) is 87.8 cm³/mol. The van der Waals surface area contributed by atoms with Gasteiger partial charge in [0.05, 0.1) is 4.90 Å². The summed E-state index contributed by atoms with van der Waals surface area (Å²) in [6.45, 7) is 0.917. The van der Waals surface area contributed by atoms with Crippen LogP contribution in [0.2, 0.25) is 0 Å². The summed E-state index contributed by atoms with van der Waals surface area (Å²) in [7, 11) is -3.53. The first-order valence-corrected chi connectivity index (χ1v) is 8.95. The van der Waals surface area contributed by atoms with Crippen LogP contribution < -0.4 is 5.73 Å². The van der Waals surface area contributed by atoms with Crippen LogP contribution in [-0.4, -0.2) is 31.9 Å². The molecule has 0 radical (unpaired) electrons. The number of benzene rings is 2. The average Bonchev–Trinajstić information content (AvgIpc) is 3.05. The van der Waals surface area contributed by atoms with Gasteiger partial charge < -0.3 is 5.73 Å². The molecule has 0 bridgehead atoms. The highest BCUT2D eigenvalue weighted by atomic mass is 32.2. The Labute approximate surface area is 131 Å². The summed E-state index contributed by atoms with van der Waals surface area (Å²) in [5.74, 6) is 0. The molecule has 2 aromatic rings. The highest BCUT2D eigenvalue weighted by Crippen LogP contribution is 2.32. The first-order chi connectivity index (χ1) is 10.6. The number of nitrogens with zero attached hydrogens (tertiary/aromatic N) is 1. The van der Waals surface area contributed by atoms with Crippen molar-refractivity contribution in [2.24, 2.45) is 5.73 Å². The van der Waals surface area contributed by atoms with Gasteiger partial charge in [-0.25, -0.2) is 8.42 Å². The van der Waals surface area contributed by atoms with Gasteiger partial charge in [-0.05, 0) is 24.5 Å². The maximum atomic E-state index is 13.1. The zero-order valence-electron chi connectivity index (χ0n) is 12.4. The van der Waals surface area contributed by atoms with Crippen molar-refractivity contribution in [3.05, 3.63) is 54.6 Å². The SMILES string of the molecule is NCC1CCCN1S(=O)(=O)c1ccccc1-c1ccccc1. The molecule has 1 unspecified atom stereocenters. The Kier molecular flexibility index (Phi) is 4.29. The lowest BCUT2D eigenvalue weighted by atomic mass is 10.1. The van der Waals surface area contributed by atoms with Gasteiger partial charge in [0.15, 0.2) is 0 Å². The Balaban J connectivity index is 2.09. The minimum atomic E-state index is -3.53. The Hall–Kier alpha value is -1.69. The van der Waals surface area contributed by atoms with Crippen LogP contribution in [0.5, 0.6) is 0 Å². The van der Waals surface area contributed by atoms with Crippen LogP contribution in [0.25, 0.3) is 11.1 Å².